The largest absolute Gasteiger partial charge is 0.497 e. The van der Waals surface area contributed by atoms with Gasteiger partial charge >= 0.3 is 11.0 Å². The lowest BCUT2D eigenvalue weighted by molar-refractivity contribution is -0.0435. The summed E-state index contributed by atoms with van der Waals surface area (Å²) < 4.78 is 112. The van der Waals surface area contributed by atoms with Crippen LogP contribution in [-0.2, 0) is 19.7 Å². The molecule has 12 heteroatoms. The molecule has 0 fully saturated rings. The zero-order valence-corrected chi connectivity index (χ0v) is 9.47. The Morgan fingerprint density at radius 2 is 0.882 bits per heavy atom. The number of sulfone groups is 2. The molecule has 0 bridgehead atoms. The van der Waals surface area contributed by atoms with E-state index in [1.165, 1.54) is 0 Å². The molecule has 0 rings (SSSR count). The van der Waals surface area contributed by atoms with E-state index < -0.39 is 48.6 Å². The lowest BCUT2D eigenvalue weighted by Gasteiger charge is -2.09. The molecule has 4 nitrogen and oxygen atoms in total. The Kier molecular flexibility index (Phi) is 4.49. The second-order valence-corrected chi connectivity index (χ2v) is 7.08. The maximum absolute atomic E-state index is 11.7. The molecule has 0 aliphatic heterocycles. The highest BCUT2D eigenvalue weighted by Gasteiger charge is 2.47. The normalized spacial score (nSPS) is 14.9. The van der Waals surface area contributed by atoms with E-state index in [1.54, 1.807) is 0 Å². The summed E-state index contributed by atoms with van der Waals surface area (Å²) in [6, 6.07) is 0. The molecular formula is C5H6F6O4S2. The molecule has 17 heavy (non-hydrogen) atoms. The van der Waals surface area contributed by atoms with Crippen molar-refractivity contribution in [2.24, 2.45) is 0 Å². The molecular weight excluding hydrogens is 302 g/mol. The molecule has 0 amide bonds. The predicted octanol–water partition coefficient (Wildman–Crippen LogP) is 1.25. The maximum Gasteiger partial charge on any atom is 0.497 e. The van der Waals surface area contributed by atoms with Crippen LogP contribution in [0, 0.1) is 0 Å². The number of rotatable bonds is 4. The van der Waals surface area contributed by atoms with Crippen molar-refractivity contribution in [2.45, 2.75) is 17.4 Å². The molecule has 0 aromatic heterocycles. The summed E-state index contributed by atoms with van der Waals surface area (Å²) in [5.41, 5.74) is -11.2. The van der Waals surface area contributed by atoms with Gasteiger partial charge in [0.25, 0.3) is 0 Å². The summed E-state index contributed by atoms with van der Waals surface area (Å²) in [7, 11) is -11.2. The van der Waals surface area contributed by atoms with Crippen molar-refractivity contribution in [2.75, 3.05) is 11.5 Å². The fraction of sp³-hybridized carbons (Fsp3) is 1.00. The summed E-state index contributed by atoms with van der Waals surface area (Å²) in [4.78, 5) is 0. The molecule has 0 N–H and O–H groups in total. The van der Waals surface area contributed by atoms with Gasteiger partial charge in [0.05, 0.1) is 11.5 Å². The van der Waals surface area contributed by atoms with Gasteiger partial charge in [0.1, 0.15) is 0 Å². The van der Waals surface area contributed by atoms with Crippen LogP contribution in [0.3, 0.4) is 0 Å². The molecule has 0 aliphatic carbocycles. The van der Waals surface area contributed by atoms with Crippen molar-refractivity contribution in [3.05, 3.63) is 0 Å². The Morgan fingerprint density at radius 3 is 1.06 bits per heavy atom. The Balaban J connectivity index is 4.58. The van der Waals surface area contributed by atoms with Crippen LogP contribution in [0.5, 0.6) is 0 Å². The van der Waals surface area contributed by atoms with Crippen molar-refractivity contribution in [1.82, 2.24) is 0 Å². The Hall–Kier alpha value is -0.520. The average molecular weight is 308 g/mol. The van der Waals surface area contributed by atoms with E-state index in [1.807, 2.05) is 0 Å². The smallest absolute Gasteiger partial charge is 0.220 e. The van der Waals surface area contributed by atoms with Gasteiger partial charge in [0.15, 0.2) is 0 Å². The molecule has 0 heterocycles. The van der Waals surface area contributed by atoms with Crippen LogP contribution in [0.25, 0.3) is 0 Å². The minimum atomic E-state index is -5.60. The van der Waals surface area contributed by atoms with Gasteiger partial charge in [-0.25, -0.2) is 16.8 Å². The fourth-order valence-corrected chi connectivity index (χ4v) is 2.36. The Labute approximate surface area is 92.4 Å². The summed E-state index contributed by atoms with van der Waals surface area (Å²) in [5.74, 6) is -3.41. The average Bonchev–Trinajstić information content (AvgIpc) is 1.98. The van der Waals surface area contributed by atoms with Crippen LogP contribution in [0.4, 0.5) is 26.3 Å². The highest BCUT2D eigenvalue weighted by atomic mass is 32.2. The molecule has 0 spiro atoms. The van der Waals surface area contributed by atoms with Gasteiger partial charge in [-0.3, -0.25) is 0 Å². The van der Waals surface area contributed by atoms with Gasteiger partial charge < -0.3 is 0 Å². The summed E-state index contributed by atoms with van der Waals surface area (Å²) in [6.45, 7) is 0. The van der Waals surface area contributed by atoms with E-state index in [9.17, 15) is 43.2 Å². The third-order valence-electron chi connectivity index (χ3n) is 1.53. The molecule has 0 aromatic carbocycles. The minimum Gasteiger partial charge on any atom is -0.220 e. The number of hydrogen-bond acceptors (Lipinski definition) is 4. The zero-order valence-electron chi connectivity index (χ0n) is 7.84. The van der Waals surface area contributed by atoms with Crippen molar-refractivity contribution >= 4 is 19.7 Å². The monoisotopic (exact) mass is 308 g/mol. The third kappa shape index (κ3) is 4.33. The lowest BCUT2D eigenvalue weighted by atomic mass is 10.6. The highest BCUT2D eigenvalue weighted by Crippen LogP contribution is 2.27. The predicted molar refractivity (Wildman–Crippen MR) is 44.3 cm³/mol. The maximum atomic E-state index is 11.7. The van der Waals surface area contributed by atoms with Crippen molar-refractivity contribution in [3.63, 3.8) is 0 Å². The fourth-order valence-electron chi connectivity index (χ4n) is 0.670. The Morgan fingerprint density at radius 1 is 0.647 bits per heavy atom. The third-order valence-corrected chi connectivity index (χ3v) is 4.59. The molecule has 104 valence electrons. The number of alkyl halides is 6. The second kappa shape index (κ2) is 4.63. The molecule has 0 radical (unpaired) electrons. The minimum absolute atomic E-state index is 1.27. The van der Waals surface area contributed by atoms with E-state index in [2.05, 4.69) is 0 Å². The number of hydrogen-bond donors (Lipinski definition) is 0. The molecule has 0 unspecified atom stereocenters. The van der Waals surface area contributed by atoms with E-state index in [-0.39, 0.29) is 0 Å². The van der Waals surface area contributed by atoms with E-state index >= 15 is 0 Å². The van der Waals surface area contributed by atoms with Crippen LogP contribution in [0.2, 0.25) is 0 Å². The molecule has 0 atom stereocenters. The van der Waals surface area contributed by atoms with Gasteiger partial charge in [-0.2, -0.15) is 26.3 Å². The first-order chi connectivity index (χ1) is 7.21. The van der Waals surface area contributed by atoms with Gasteiger partial charge in [-0.05, 0) is 6.42 Å². The van der Waals surface area contributed by atoms with Crippen LogP contribution >= 0.6 is 0 Å². The van der Waals surface area contributed by atoms with Crippen LogP contribution in [0.1, 0.15) is 6.42 Å². The summed E-state index contributed by atoms with van der Waals surface area (Å²) in [5, 5.41) is 0. The van der Waals surface area contributed by atoms with E-state index in [4.69, 9.17) is 0 Å². The molecule has 0 saturated carbocycles. The first-order valence-electron chi connectivity index (χ1n) is 3.79. The molecule has 0 aromatic rings. The topological polar surface area (TPSA) is 68.3 Å². The Bertz CT molecular complexity index is 412. The highest BCUT2D eigenvalue weighted by molar-refractivity contribution is 7.93. The van der Waals surface area contributed by atoms with Gasteiger partial charge in [-0.1, -0.05) is 0 Å². The quantitative estimate of drug-likeness (QED) is 0.733. The van der Waals surface area contributed by atoms with Crippen molar-refractivity contribution < 1.29 is 43.2 Å². The van der Waals surface area contributed by atoms with E-state index in [0.29, 0.717) is 0 Å². The number of halogens is 6. The van der Waals surface area contributed by atoms with Gasteiger partial charge in [0, 0.05) is 0 Å². The molecule has 0 saturated heterocycles. The summed E-state index contributed by atoms with van der Waals surface area (Å²) in [6.07, 6.45) is -1.27. The van der Waals surface area contributed by atoms with Crippen LogP contribution in [-0.4, -0.2) is 39.4 Å². The van der Waals surface area contributed by atoms with Crippen LogP contribution in [0.15, 0.2) is 0 Å². The van der Waals surface area contributed by atoms with Crippen molar-refractivity contribution in [1.29, 1.82) is 0 Å². The molecule has 0 aliphatic rings. The van der Waals surface area contributed by atoms with Gasteiger partial charge in [0.2, 0.25) is 19.7 Å². The summed E-state index contributed by atoms with van der Waals surface area (Å²) >= 11 is 0. The van der Waals surface area contributed by atoms with E-state index in [0.717, 1.165) is 0 Å². The standard InChI is InChI=1S/C5H6F6O4S2/c6-4(7,8)16(12,13)2-1-3-17(14,15)5(9,10)11/h1-3H2. The van der Waals surface area contributed by atoms with Crippen LogP contribution < -0.4 is 0 Å². The first kappa shape index (κ1) is 16.5. The zero-order chi connectivity index (χ0) is 14.1. The first-order valence-corrected chi connectivity index (χ1v) is 7.09. The second-order valence-electron chi connectivity index (χ2n) is 2.88. The lowest BCUT2D eigenvalue weighted by Crippen LogP contribution is -2.30. The SMILES string of the molecule is O=S(=O)(CCCS(=O)(=O)C(F)(F)F)C(F)(F)F. The van der Waals surface area contributed by atoms with Crippen molar-refractivity contribution in [3.8, 4) is 0 Å². The van der Waals surface area contributed by atoms with Gasteiger partial charge in [-0.15, -0.1) is 0 Å².